The minimum absolute atomic E-state index is 0.268. The summed E-state index contributed by atoms with van der Waals surface area (Å²) in [4.78, 5) is 0. The molecule has 1 aliphatic heterocycles. The third-order valence-corrected chi connectivity index (χ3v) is 3.53. The van der Waals surface area contributed by atoms with Crippen molar-refractivity contribution in [2.45, 2.75) is 51.7 Å². The molecule has 4 atom stereocenters. The fourth-order valence-corrected chi connectivity index (χ4v) is 2.29. The van der Waals surface area contributed by atoms with Gasteiger partial charge >= 0.3 is 0 Å². The van der Waals surface area contributed by atoms with Gasteiger partial charge in [-0.2, -0.15) is 0 Å². The number of alkyl halides is 1. The summed E-state index contributed by atoms with van der Waals surface area (Å²) < 4.78 is 5.66. The monoisotopic (exact) mass is 190 g/mol. The zero-order valence-electron chi connectivity index (χ0n) is 8.38. The summed E-state index contributed by atoms with van der Waals surface area (Å²) in [6.45, 7) is 8.60. The summed E-state index contributed by atoms with van der Waals surface area (Å²) in [7, 11) is 0. The molecule has 0 aliphatic carbocycles. The van der Waals surface area contributed by atoms with Crippen LogP contribution in [0.4, 0.5) is 0 Å². The Bertz CT molecular complexity index is 147. The molecule has 72 valence electrons. The van der Waals surface area contributed by atoms with Gasteiger partial charge in [-0.25, -0.2) is 0 Å². The Kier molecular flexibility index (Phi) is 3.42. The quantitative estimate of drug-likeness (QED) is 0.609. The molecule has 1 saturated heterocycles. The average Bonchev–Trinajstić information content (AvgIpc) is 2.28. The first kappa shape index (κ1) is 10.3. The molecule has 2 heteroatoms. The lowest BCUT2D eigenvalue weighted by Crippen LogP contribution is -2.26. The second-order valence-corrected chi connectivity index (χ2v) is 4.74. The first-order chi connectivity index (χ1) is 5.52. The van der Waals surface area contributed by atoms with E-state index in [-0.39, 0.29) is 5.38 Å². The van der Waals surface area contributed by atoms with Gasteiger partial charge in [0, 0.05) is 11.3 Å². The highest BCUT2D eigenvalue weighted by atomic mass is 35.5. The van der Waals surface area contributed by atoms with Crippen LogP contribution in [0.3, 0.4) is 0 Å². The molecule has 4 unspecified atom stereocenters. The van der Waals surface area contributed by atoms with Crippen LogP contribution in [-0.2, 0) is 4.74 Å². The minimum atomic E-state index is 0.268. The van der Waals surface area contributed by atoms with Crippen LogP contribution in [0.2, 0.25) is 0 Å². The van der Waals surface area contributed by atoms with Crippen molar-refractivity contribution < 1.29 is 4.74 Å². The van der Waals surface area contributed by atoms with E-state index < -0.39 is 0 Å². The van der Waals surface area contributed by atoms with E-state index in [1.54, 1.807) is 0 Å². The molecule has 0 radical (unpaired) electrons. The van der Waals surface area contributed by atoms with Crippen molar-refractivity contribution in [1.82, 2.24) is 0 Å². The van der Waals surface area contributed by atoms with E-state index >= 15 is 0 Å². The summed E-state index contributed by atoms with van der Waals surface area (Å²) in [5.74, 6) is 1.09. The molecule has 1 nitrogen and oxygen atoms in total. The van der Waals surface area contributed by atoms with Crippen molar-refractivity contribution >= 4 is 11.6 Å². The Morgan fingerprint density at radius 3 is 2.25 bits per heavy atom. The number of hydrogen-bond acceptors (Lipinski definition) is 1. The Morgan fingerprint density at radius 1 is 1.33 bits per heavy atom. The van der Waals surface area contributed by atoms with Gasteiger partial charge in [0.2, 0.25) is 0 Å². The van der Waals surface area contributed by atoms with Crippen molar-refractivity contribution in [2.24, 2.45) is 11.8 Å². The molecule has 1 fully saturated rings. The number of hydrogen-bond donors (Lipinski definition) is 0. The maximum atomic E-state index is 6.30. The van der Waals surface area contributed by atoms with Gasteiger partial charge in [-0.1, -0.05) is 13.8 Å². The highest BCUT2D eigenvalue weighted by Gasteiger charge is 2.35. The van der Waals surface area contributed by atoms with E-state index in [1.165, 1.54) is 0 Å². The fourth-order valence-electron chi connectivity index (χ4n) is 1.98. The van der Waals surface area contributed by atoms with E-state index in [0.29, 0.717) is 24.0 Å². The molecule has 0 bridgehead atoms. The van der Waals surface area contributed by atoms with Crippen LogP contribution >= 0.6 is 11.6 Å². The van der Waals surface area contributed by atoms with Crippen LogP contribution in [-0.4, -0.2) is 17.6 Å². The average molecular weight is 191 g/mol. The smallest absolute Gasteiger partial charge is 0.0593 e. The van der Waals surface area contributed by atoms with Crippen LogP contribution in [0.15, 0.2) is 0 Å². The Labute approximate surface area is 80.4 Å². The van der Waals surface area contributed by atoms with Crippen molar-refractivity contribution in [1.29, 1.82) is 0 Å². The Balaban J connectivity index is 2.51. The molecule has 1 heterocycles. The lowest BCUT2D eigenvalue weighted by Gasteiger charge is -2.22. The molecule has 0 N–H and O–H groups in total. The number of rotatable bonds is 2. The maximum absolute atomic E-state index is 6.30. The summed E-state index contributed by atoms with van der Waals surface area (Å²) in [6, 6.07) is 0. The Morgan fingerprint density at radius 2 is 1.92 bits per heavy atom. The summed E-state index contributed by atoms with van der Waals surface area (Å²) in [5, 5.41) is 0.268. The molecule has 0 spiro atoms. The molecule has 0 amide bonds. The standard InChI is InChI=1S/C10H19ClO/c1-6(2)10(11)9-5-7(3)12-8(9)4/h6-10H,5H2,1-4H3. The van der Waals surface area contributed by atoms with E-state index in [0.717, 1.165) is 6.42 Å². The highest BCUT2D eigenvalue weighted by molar-refractivity contribution is 6.21. The lowest BCUT2D eigenvalue weighted by molar-refractivity contribution is 0.0541. The van der Waals surface area contributed by atoms with Crippen LogP contribution in [0, 0.1) is 11.8 Å². The van der Waals surface area contributed by atoms with Crippen LogP contribution < -0.4 is 0 Å². The topological polar surface area (TPSA) is 9.23 Å². The molecule has 0 aromatic rings. The van der Waals surface area contributed by atoms with Gasteiger partial charge in [-0.05, 0) is 26.2 Å². The number of halogens is 1. The SMILES string of the molecule is CC1CC(C(Cl)C(C)C)C(C)O1. The minimum Gasteiger partial charge on any atom is -0.375 e. The summed E-state index contributed by atoms with van der Waals surface area (Å²) in [5.41, 5.74) is 0. The second kappa shape index (κ2) is 3.97. The third-order valence-electron chi connectivity index (χ3n) is 2.70. The summed E-state index contributed by atoms with van der Waals surface area (Å²) >= 11 is 6.30. The molecular weight excluding hydrogens is 172 g/mol. The molecular formula is C10H19ClO. The van der Waals surface area contributed by atoms with Crippen molar-refractivity contribution in [3.63, 3.8) is 0 Å². The Hall–Kier alpha value is 0.250. The van der Waals surface area contributed by atoms with Gasteiger partial charge in [0.1, 0.15) is 0 Å². The van der Waals surface area contributed by atoms with Crippen molar-refractivity contribution in [3.05, 3.63) is 0 Å². The molecule has 0 saturated carbocycles. The predicted molar refractivity (Wildman–Crippen MR) is 52.6 cm³/mol. The molecule has 0 aromatic heterocycles. The van der Waals surface area contributed by atoms with Gasteiger partial charge in [0.25, 0.3) is 0 Å². The number of ether oxygens (including phenoxy) is 1. The second-order valence-electron chi connectivity index (χ2n) is 4.24. The van der Waals surface area contributed by atoms with Gasteiger partial charge in [-0.15, -0.1) is 11.6 Å². The van der Waals surface area contributed by atoms with E-state index in [4.69, 9.17) is 16.3 Å². The zero-order valence-corrected chi connectivity index (χ0v) is 9.14. The van der Waals surface area contributed by atoms with Crippen LogP contribution in [0.5, 0.6) is 0 Å². The third kappa shape index (κ3) is 2.14. The van der Waals surface area contributed by atoms with Gasteiger partial charge in [0.05, 0.1) is 12.2 Å². The normalized spacial score (nSPS) is 39.0. The summed E-state index contributed by atoms with van der Waals surface area (Å²) in [6.07, 6.45) is 1.85. The molecule has 12 heavy (non-hydrogen) atoms. The zero-order chi connectivity index (χ0) is 9.30. The maximum Gasteiger partial charge on any atom is 0.0593 e. The van der Waals surface area contributed by atoms with E-state index in [2.05, 4.69) is 27.7 Å². The van der Waals surface area contributed by atoms with E-state index in [9.17, 15) is 0 Å². The van der Waals surface area contributed by atoms with Crippen molar-refractivity contribution in [2.75, 3.05) is 0 Å². The van der Waals surface area contributed by atoms with Gasteiger partial charge < -0.3 is 4.74 Å². The fraction of sp³-hybridized carbons (Fsp3) is 1.00. The largest absolute Gasteiger partial charge is 0.375 e. The predicted octanol–water partition coefficient (Wildman–Crippen LogP) is 3.06. The highest BCUT2D eigenvalue weighted by Crippen LogP contribution is 2.34. The lowest BCUT2D eigenvalue weighted by atomic mass is 9.90. The molecule has 0 aromatic carbocycles. The van der Waals surface area contributed by atoms with Crippen LogP contribution in [0.1, 0.15) is 34.1 Å². The molecule has 1 rings (SSSR count). The molecule has 1 aliphatic rings. The van der Waals surface area contributed by atoms with Crippen LogP contribution in [0.25, 0.3) is 0 Å². The first-order valence-electron chi connectivity index (χ1n) is 4.82. The van der Waals surface area contributed by atoms with Crippen molar-refractivity contribution in [3.8, 4) is 0 Å². The van der Waals surface area contributed by atoms with E-state index in [1.807, 2.05) is 0 Å². The van der Waals surface area contributed by atoms with Gasteiger partial charge in [-0.3, -0.25) is 0 Å². The van der Waals surface area contributed by atoms with Gasteiger partial charge in [0.15, 0.2) is 0 Å². The first-order valence-corrected chi connectivity index (χ1v) is 5.25.